The Bertz CT molecular complexity index is 880. The van der Waals surface area contributed by atoms with Crippen molar-refractivity contribution in [3.63, 3.8) is 0 Å². The van der Waals surface area contributed by atoms with Crippen molar-refractivity contribution in [2.24, 2.45) is 0 Å². The summed E-state index contributed by atoms with van der Waals surface area (Å²) in [7, 11) is 0. The van der Waals surface area contributed by atoms with Crippen LogP contribution in [0, 0.1) is 6.92 Å². The van der Waals surface area contributed by atoms with Gasteiger partial charge in [-0.1, -0.05) is 18.2 Å². The summed E-state index contributed by atoms with van der Waals surface area (Å²) in [6.07, 6.45) is 3.83. The van der Waals surface area contributed by atoms with Crippen molar-refractivity contribution in [2.75, 3.05) is 19.7 Å². The van der Waals surface area contributed by atoms with Crippen LogP contribution in [-0.4, -0.2) is 40.3 Å². The number of benzene rings is 1. The molecule has 2 aromatic rings. The van der Waals surface area contributed by atoms with Gasteiger partial charge in [-0.2, -0.15) is 5.10 Å². The number of ether oxygens (including phenoxy) is 1. The highest BCUT2D eigenvalue weighted by molar-refractivity contribution is 5.77. The summed E-state index contributed by atoms with van der Waals surface area (Å²) in [5.74, 6) is 1.26. The Balaban J connectivity index is 1.33. The normalized spacial score (nSPS) is 17.7. The second-order valence-electron chi connectivity index (χ2n) is 7.48. The molecule has 1 aliphatic carbocycles. The third-order valence-electron chi connectivity index (χ3n) is 5.45. The third kappa shape index (κ3) is 4.04. The van der Waals surface area contributed by atoms with Crippen molar-refractivity contribution in [3.8, 4) is 5.75 Å². The van der Waals surface area contributed by atoms with Gasteiger partial charge in [0, 0.05) is 25.1 Å². The fourth-order valence-corrected chi connectivity index (χ4v) is 3.61. The lowest BCUT2D eigenvalue weighted by Gasteiger charge is -2.32. The maximum absolute atomic E-state index is 12.5. The molecule has 0 atom stereocenters. The zero-order chi connectivity index (χ0) is 18.8. The zero-order valence-corrected chi connectivity index (χ0v) is 15.6. The summed E-state index contributed by atoms with van der Waals surface area (Å²) in [5, 5.41) is 4.59. The summed E-state index contributed by atoms with van der Waals surface area (Å²) in [6, 6.07) is 11.2. The number of aromatic nitrogens is 2. The molecular formula is C21H25N3O3. The smallest absolute Gasteiger partial charge is 0.267 e. The van der Waals surface area contributed by atoms with E-state index in [2.05, 4.69) is 5.10 Å². The molecule has 0 bridgehead atoms. The van der Waals surface area contributed by atoms with Crippen molar-refractivity contribution in [1.29, 1.82) is 0 Å². The summed E-state index contributed by atoms with van der Waals surface area (Å²) in [4.78, 5) is 26.5. The van der Waals surface area contributed by atoms with E-state index in [-0.39, 0.29) is 24.1 Å². The van der Waals surface area contributed by atoms with Crippen LogP contribution in [0.25, 0.3) is 0 Å². The number of piperidine rings is 1. The van der Waals surface area contributed by atoms with Crippen LogP contribution in [0.2, 0.25) is 0 Å². The van der Waals surface area contributed by atoms with Gasteiger partial charge in [-0.15, -0.1) is 0 Å². The van der Waals surface area contributed by atoms with Crippen molar-refractivity contribution in [3.05, 3.63) is 58.0 Å². The number of hydrogen-bond acceptors (Lipinski definition) is 4. The average molecular weight is 367 g/mol. The predicted molar refractivity (Wildman–Crippen MR) is 102 cm³/mol. The van der Waals surface area contributed by atoms with Gasteiger partial charge in [0.15, 0.2) is 6.61 Å². The molecule has 0 radical (unpaired) electrons. The van der Waals surface area contributed by atoms with E-state index in [0.717, 1.165) is 29.8 Å². The Kier molecular flexibility index (Phi) is 4.97. The minimum atomic E-state index is -0.0490. The summed E-state index contributed by atoms with van der Waals surface area (Å²) >= 11 is 0. The molecular weight excluding hydrogens is 342 g/mol. The number of amides is 1. The molecule has 4 rings (SSSR count). The highest BCUT2D eigenvalue weighted by atomic mass is 16.5. The Hall–Kier alpha value is -2.63. The fraction of sp³-hybridized carbons (Fsp3) is 0.476. The standard InChI is InChI=1S/C21H25N3O3/c1-15-4-2-3-5-19(15)27-14-21(26)23-12-10-17(11-13-23)24-20(25)9-8-18(22-24)16-6-7-16/h2-5,8-9,16-17H,6-7,10-14H2,1H3. The molecule has 1 aromatic heterocycles. The topological polar surface area (TPSA) is 64.4 Å². The lowest BCUT2D eigenvalue weighted by molar-refractivity contribution is -0.134. The summed E-state index contributed by atoms with van der Waals surface area (Å²) in [6.45, 7) is 3.27. The maximum atomic E-state index is 12.5. The highest BCUT2D eigenvalue weighted by Gasteiger charge is 2.28. The Morgan fingerprint density at radius 3 is 2.56 bits per heavy atom. The van der Waals surface area contributed by atoms with Crippen LogP contribution in [0.3, 0.4) is 0 Å². The molecule has 27 heavy (non-hydrogen) atoms. The molecule has 0 unspecified atom stereocenters. The van der Waals surface area contributed by atoms with Gasteiger partial charge in [0.25, 0.3) is 11.5 Å². The summed E-state index contributed by atoms with van der Waals surface area (Å²) in [5.41, 5.74) is 2.00. The van der Waals surface area contributed by atoms with Crippen molar-refractivity contribution >= 4 is 5.91 Å². The van der Waals surface area contributed by atoms with Gasteiger partial charge in [-0.3, -0.25) is 9.59 Å². The fourth-order valence-electron chi connectivity index (χ4n) is 3.61. The van der Waals surface area contributed by atoms with E-state index in [1.807, 2.05) is 42.2 Å². The monoisotopic (exact) mass is 367 g/mol. The van der Waals surface area contributed by atoms with Gasteiger partial charge < -0.3 is 9.64 Å². The molecule has 1 saturated heterocycles. The van der Waals surface area contributed by atoms with Gasteiger partial charge in [0.1, 0.15) is 5.75 Å². The van der Waals surface area contributed by atoms with Crippen molar-refractivity contribution in [2.45, 2.75) is 44.6 Å². The van der Waals surface area contributed by atoms with E-state index in [9.17, 15) is 9.59 Å². The predicted octanol–water partition coefficient (Wildman–Crippen LogP) is 2.67. The number of carbonyl (C=O) groups excluding carboxylic acids is 1. The molecule has 1 aliphatic heterocycles. The molecule has 1 aromatic carbocycles. The van der Waals surface area contributed by atoms with Crippen LogP contribution in [0.5, 0.6) is 5.75 Å². The zero-order valence-electron chi connectivity index (χ0n) is 15.6. The Morgan fingerprint density at radius 2 is 1.85 bits per heavy atom. The molecule has 1 amide bonds. The van der Waals surface area contributed by atoms with Gasteiger partial charge in [-0.25, -0.2) is 4.68 Å². The number of aryl methyl sites for hydroxylation is 1. The number of carbonyl (C=O) groups is 1. The second-order valence-corrected chi connectivity index (χ2v) is 7.48. The van der Waals surface area contributed by atoms with E-state index >= 15 is 0 Å². The quantitative estimate of drug-likeness (QED) is 0.815. The van der Waals surface area contributed by atoms with Crippen LogP contribution >= 0.6 is 0 Å². The molecule has 0 N–H and O–H groups in total. The summed E-state index contributed by atoms with van der Waals surface area (Å²) < 4.78 is 7.31. The van der Waals surface area contributed by atoms with Crippen LogP contribution in [0.1, 0.15) is 48.9 Å². The third-order valence-corrected chi connectivity index (χ3v) is 5.45. The van der Waals surface area contributed by atoms with Gasteiger partial charge >= 0.3 is 0 Å². The average Bonchev–Trinajstić information content (AvgIpc) is 3.53. The lowest BCUT2D eigenvalue weighted by atomic mass is 10.1. The first kappa shape index (κ1) is 17.8. The van der Waals surface area contributed by atoms with E-state index < -0.39 is 0 Å². The molecule has 0 spiro atoms. The van der Waals surface area contributed by atoms with Gasteiger partial charge in [-0.05, 0) is 50.3 Å². The van der Waals surface area contributed by atoms with Gasteiger partial charge in [0.2, 0.25) is 0 Å². The molecule has 2 aliphatic rings. The minimum absolute atomic E-state index is 0.0104. The number of nitrogens with zero attached hydrogens (tertiary/aromatic N) is 3. The first-order valence-electron chi connectivity index (χ1n) is 9.68. The SMILES string of the molecule is Cc1ccccc1OCC(=O)N1CCC(n2nc(C3CC3)ccc2=O)CC1. The first-order chi connectivity index (χ1) is 13.1. The molecule has 2 heterocycles. The van der Waals surface area contributed by atoms with Gasteiger partial charge in [0.05, 0.1) is 11.7 Å². The van der Waals surface area contributed by atoms with Crippen LogP contribution in [0.15, 0.2) is 41.2 Å². The van der Waals surface area contributed by atoms with Crippen molar-refractivity contribution in [1.82, 2.24) is 14.7 Å². The Morgan fingerprint density at radius 1 is 1.11 bits per heavy atom. The number of para-hydroxylation sites is 1. The first-order valence-corrected chi connectivity index (χ1v) is 9.68. The van der Waals surface area contributed by atoms with Crippen LogP contribution in [0.4, 0.5) is 0 Å². The molecule has 1 saturated carbocycles. The van der Waals surface area contributed by atoms with E-state index in [1.54, 1.807) is 10.7 Å². The minimum Gasteiger partial charge on any atom is -0.484 e. The number of likely N-dealkylation sites (tertiary alicyclic amines) is 1. The van der Waals surface area contributed by atoms with E-state index in [4.69, 9.17) is 4.74 Å². The highest BCUT2D eigenvalue weighted by Crippen LogP contribution is 2.38. The largest absolute Gasteiger partial charge is 0.484 e. The Labute approximate surface area is 158 Å². The van der Waals surface area contributed by atoms with Crippen LogP contribution in [-0.2, 0) is 4.79 Å². The van der Waals surface area contributed by atoms with Crippen molar-refractivity contribution < 1.29 is 9.53 Å². The van der Waals surface area contributed by atoms with Crippen LogP contribution < -0.4 is 10.3 Å². The molecule has 2 fully saturated rings. The maximum Gasteiger partial charge on any atom is 0.267 e. The lowest BCUT2D eigenvalue weighted by Crippen LogP contribution is -2.43. The molecule has 142 valence electrons. The molecule has 6 heteroatoms. The number of rotatable bonds is 5. The van der Waals surface area contributed by atoms with E-state index in [0.29, 0.717) is 19.0 Å². The second kappa shape index (κ2) is 7.55. The van der Waals surface area contributed by atoms with E-state index in [1.165, 1.54) is 12.8 Å². The number of hydrogen-bond donors (Lipinski definition) is 0. The molecule has 6 nitrogen and oxygen atoms in total.